The molecular weight excluding hydrogens is 542 g/mol. The lowest BCUT2D eigenvalue weighted by molar-refractivity contribution is -0.140. The highest BCUT2D eigenvalue weighted by Crippen LogP contribution is 2.32. The molecule has 222 valence electrons. The van der Waals surface area contributed by atoms with Crippen LogP contribution >= 0.6 is 0 Å². The van der Waals surface area contributed by atoms with Gasteiger partial charge in [-0.25, -0.2) is 0 Å². The molecule has 1 aromatic heterocycles. The van der Waals surface area contributed by atoms with Gasteiger partial charge in [0.05, 0.1) is 32.9 Å². The van der Waals surface area contributed by atoms with Gasteiger partial charge in [-0.1, -0.05) is 60.7 Å². The topological polar surface area (TPSA) is 88.1 Å². The number of ether oxygens (including phenoxy) is 2. The van der Waals surface area contributed by atoms with Crippen LogP contribution in [0.2, 0.25) is 0 Å². The van der Waals surface area contributed by atoms with Gasteiger partial charge in [-0.2, -0.15) is 0 Å². The van der Waals surface area contributed by atoms with Crippen molar-refractivity contribution in [3.05, 3.63) is 102 Å². The number of rotatable bonds is 11. The van der Waals surface area contributed by atoms with Gasteiger partial charge in [0.15, 0.2) is 5.82 Å². The molecule has 0 bridgehead atoms. The first-order valence-corrected chi connectivity index (χ1v) is 14.5. The van der Waals surface area contributed by atoms with Gasteiger partial charge in [0.2, 0.25) is 11.8 Å². The Labute approximate surface area is 252 Å². The Hall–Kier alpha value is -4.92. The molecule has 5 rings (SSSR count). The van der Waals surface area contributed by atoms with E-state index in [1.54, 1.807) is 19.1 Å². The van der Waals surface area contributed by atoms with E-state index < -0.39 is 0 Å². The van der Waals surface area contributed by atoms with Gasteiger partial charge in [-0.3, -0.25) is 9.59 Å². The predicted molar refractivity (Wildman–Crippen MR) is 166 cm³/mol. The first-order chi connectivity index (χ1) is 21.0. The van der Waals surface area contributed by atoms with Crippen molar-refractivity contribution in [2.24, 2.45) is 0 Å². The second-order valence-corrected chi connectivity index (χ2v) is 10.4. The first-order valence-electron chi connectivity index (χ1n) is 14.5. The molecule has 0 radical (unpaired) electrons. The van der Waals surface area contributed by atoms with Crippen LogP contribution in [0.4, 0.5) is 5.82 Å². The predicted octanol–water partition coefficient (Wildman–Crippen LogP) is 4.12. The summed E-state index contributed by atoms with van der Waals surface area (Å²) in [5.74, 6) is 2.04. The Morgan fingerprint density at radius 2 is 1.49 bits per heavy atom. The molecule has 0 N–H and O–H groups in total. The average molecular weight is 580 g/mol. The van der Waals surface area contributed by atoms with Gasteiger partial charge in [0, 0.05) is 44.4 Å². The Morgan fingerprint density at radius 3 is 2.12 bits per heavy atom. The third kappa shape index (κ3) is 7.68. The van der Waals surface area contributed by atoms with E-state index >= 15 is 0 Å². The minimum Gasteiger partial charge on any atom is -0.497 e. The molecule has 9 nitrogen and oxygen atoms in total. The summed E-state index contributed by atoms with van der Waals surface area (Å²) in [4.78, 5) is 32.4. The molecule has 2 amide bonds. The minimum absolute atomic E-state index is 0.0397. The molecule has 0 saturated carbocycles. The maximum atomic E-state index is 13.4. The molecule has 0 aliphatic carbocycles. The summed E-state index contributed by atoms with van der Waals surface area (Å²) in [5.41, 5.74) is 3.61. The quantitative estimate of drug-likeness (QED) is 0.264. The van der Waals surface area contributed by atoms with Crippen LogP contribution in [0.1, 0.15) is 11.1 Å². The van der Waals surface area contributed by atoms with E-state index in [0.29, 0.717) is 56.3 Å². The second-order valence-electron chi connectivity index (χ2n) is 10.4. The number of aromatic nitrogens is 2. The lowest BCUT2D eigenvalue weighted by Crippen LogP contribution is -2.52. The normalized spacial score (nSPS) is 13.0. The van der Waals surface area contributed by atoms with Gasteiger partial charge in [-0.05, 0) is 41.8 Å². The number of methoxy groups -OCH3 is 2. The van der Waals surface area contributed by atoms with Crippen molar-refractivity contribution < 1.29 is 19.1 Å². The van der Waals surface area contributed by atoms with Crippen molar-refractivity contribution in [3.63, 3.8) is 0 Å². The Bertz CT molecular complexity index is 1490. The summed E-state index contributed by atoms with van der Waals surface area (Å²) in [6, 6.07) is 29.2. The molecular formula is C34H37N5O4. The SMILES string of the molecule is COc1ccc(-c2ccc(N3CCN(C(=O)CN(CCc4ccccc4)C(=O)Cc4ccccc4)CC3)nn2)c(OC)c1. The number of carbonyl (C=O) groups excluding carboxylic acids is 2. The van der Waals surface area contributed by atoms with Gasteiger partial charge >= 0.3 is 0 Å². The number of anilines is 1. The summed E-state index contributed by atoms with van der Waals surface area (Å²) in [7, 11) is 3.23. The van der Waals surface area contributed by atoms with Crippen molar-refractivity contribution in [2.45, 2.75) is 12.8 Å². The van der Waals surface area contributed by atoms with Gasteiger partial charge < -0.3 is 24.2 Å². The summed E-state index contributed by atoms with van der Waals surface area (Å²) in [5, 5.41) is 8.91. The molecule has 0 spiro atoms. The highest BCUT2D eigenvalue weighted by atomic mass is 16.5. The second kappa shape index (κ2) is 14.3. The molecule has 1 fully saturated rings. The number of piperazine rings is 1. The third-order valence-corrected chi connectivity index (χ3v) is 7.68. The highest BCUT2D eigenvalue weighted by Gasteiger charge is 2.25. The molecule has 4 aromatic rings. The average Bonchev–Trinajstić information content (AvgIpc) is 3.07. The van der Waals surface area contributed by atoms with E-state index in [1.165, 1.54) is 0 Å². The van der Waals surface area contributed by atoms with E-state index in [4.69, 9.17) is 9.47 Å². The maximum Gasteiger partial charge on any atom is 0.242 e. The van der Waals surface area contributed by atoms with Crippen LogP contribution < -0.4 is 14.4 Å². The fourth-order valence-corrected chi connectivity index (χ4v) is 5.18. The van der Waals surface area contributed by atoms with Crippen LogP contribution in [0, 0.1) is 0 Å². The van der Waals surface area contributed by atoms with Crippen molar-refractivity contribution >= 4 is 17.6 Å². The standard InChI is InChI=1S/C34H37N5O4/c1-42-28-13-14-29(31(24-28)43-2)30-15-16-32(36-35-30)37-19-21-38(22-20-37)34(41)25-39(18-17-26-9-5-3-6-10-26)33(40)23-27-11-7-4-8-12-27/h3-16,24H,17-23,25H2,1-2H3. The highest BCUT2D eigenvalue weighted by molar-refractivity contribution is 5.86. The van der Waals surface area contributed by atoms with Gasteiger partial charge in [0.25, 0.3) is 0 Å². The molecule has 1 saturated heterocycles. The van der Waals surface area contributed by atoms with Crippen molar-refractivity contribution in [3.8, 4) is 22.8 Å². The van der Waals surface area contributed by atoms with Crippen LogP contribution in [0.3, 0.4) is 0 Å². The maximum absolute atomic E-state index is 13.4. The molecule has 1 aliphatic rings. The summed E-state index contributed by atoms with van der Waals surface area (Å²) in [6.45, 7) is 2.92. The summed E-state index contributed by atoms with van der Waals surface area (Å²) >= 11 is 0. The molecule has 1 aliphatic heterocycles. The molecule has 2 heterocycles. The number of nitrogens with zero attached hydrogens (tertiary/aromatic N) is 5. The van der Waals surface area contributed by atoms with Crippen LogP contribution in [-0.2, 0) is 22.4 Å². The fraction of sp³-hybridized carbons (Fsp3) is 0.294. The molecule has 0 unspecified atom stereocenters. The number of benzene rings is 3. The van der Waals surface area contributed by atoms with E-state index in [2.05, 4.69) is 15.1 Å². The van der Waals surface area contributed by atoms with E-state index in [9.17, 15) is 9.59 Å². The monoisotopic (exact) mass is 579 g/mol. The van der Waals surface area contributed by atoms with Crippen molar-refractivity contribution in [2.75, 3.05) is 58.4 Å². The number of carbonyl (C=O) groups is 2. The minimum atomic E-state index is -0.0435. The number of hydrogen-bond donors (Lipinski definition) is 0. The van der Waals surface area contributed by atoms with Crippen LogP contribution in [0.15, 0.2) is 91.0 Å². The largest absolute Gasteiger partial charge is 0.497 e. The molecule has 9 heteroatoms. The Morgan fingerprint density at radius 1 is 0.791 bits per heavy atom. The lowest BCUT2D eigenvalue weighted by atomic mass is 10.1. The van der Waals surface area contributed by atoms with Crippen molar-refractivity contribution in [1.82, 2.24) is 20.0 Å². The summed E-state index contributed by atoms with van der Waals surface area (Å²) < 4.78 is 10.8. The van der Waals surface area contributed by atoms with Crippen molar-refractivity contribution in [1.29, 1.82) is 0 Å². The zero-order chi connectivity index (χ0) is 30.0. The third-order valence-electron chi connectivity index (χ3n) is 7.68. The first kappa shape index (κ1) is 29.6. The van der Waals surface area contributed by atoms with E-state index in [0.717, 1.165) is 22.5 Å². The van der Waals surface area contributed by atoms with E-state index in [-0.39, 0.29) is 24.8 Å². The van der Waals surface area contributed by atoms with E-state index in [1.807, 2.05) is 95.9 Å². The zero-order valence-corrected chi connectivity index (χ0v) is 24.7. The van der Waals surface area contributed by atoms with Crippen LogP contribution in [0.25, 0.3) is 11.3 Å². The van der Waals surface area contributed by atoms with Crippen LogP contribution in [-0.4, -0.2) is 85.3 Å². The van der Waals surface area contributed by atoms with Gasteiger partial charge in [0.1, 0.15) is 11.5 Å². The van der Waals surface area contributed by atoms with Gasteiger partial charge in [-0.15, -0.1) is 10.2 Å². The number of hydrogen-bond acceptors (Lipinski definition) is 7. The van der Waals surface area contributed by atoms with Crippen LogP contribution in [0.5, 0.6) is 11.5 Å². The number of amides is 2. The molecule has 0 atom stereocenters. The summed E-state index contributed by atoms with van der Waals surface area (Å²) in [6.07, 6.45) is 0.966. The molecule has 3 aromatic carbocycles. The Balaban J connectivity index is 1.19. The Kier molecular flexibility index (Phi) is 9.84. The fourth-order valence-electron chi connectivity index (χ4n) is 5.18. The zero-order valence-electron chi connectivity index (χ0n) is 24.7. The lowest BCUT2D eigenvalue weighted by Gasteiger charge is -2.36. The smallest absolute Gasteiger partial charge is 0.242 e. The molecule has 43 heavy (non-hydrogen) atoms.